The van der Waals surface area contributed by atoms with Crippen molar-refractivity contribution in [3.05, 3.63) is 34.4 Å². The van der Waals surface area contributed by atoms with Crippen molar-refractivity contribution >= 4 is 11.9 Å². The highest BCUT2D eigenvalue weighted by Gasteiger charge is 2.25. The first-order valence-corrected chi connectivity index (χ1v) is 6.12. The second kappa shape index (κ2) is 6.45. The van der Waals surface area contributed by atoms with Crippen molar-refractivity contribution in [2.24, 2.45) is 0 Å². The number of amides is 1. The van der Waals surface area contributed by atoms with E-state index >= 15 is 0 Å². The predicted molar refractivity (Wildman–Crippen MR) is 70.2 cm³/mol. The zero-order valence-corrected chi connectivity index (χ0v) is 11.5. The first-order valence-electron chi connectivity index (χ1n) is 6.12. The summed E-state index contributed by atoms with van der Waals surface area (Å²) < 4.78 is 24.6. The van der Waals surface area contributed by atoms with Gasteiger partial charge in [0.2, 0.25) is 6.43 Å². The molecule has 0 spiro atoms. The monoisotopic (exact) mass is 285 g/mol. The van der Waals surface area contributed by atoms with E-state index in [1.807, 2.05) is 6.92 Å². The fourth-order valence-electron chi connectivity index (χ4n) is 2.17. The van der Waals surface area contributed by atoms with E-state index in [2.05, 4.69) is 5.32 Å². The molecule has 1 unspecified atom stereocenters. The van der Waals surface area contributed by atoms with E-state index < -0.39 is 30.8 Å². The maximum atomic E-state index is 12.3. The Morgan fingerprint density at radius 3 is 2.10 bits per heavy atom. The van der Waals surface area contributed by atoms with Crippen molar-refractivity contribution < 1.29 is 23.5 Å². The summed E-state index contributed by atoms with van der Waals surface area (Å²) in [7, 11) is 0. The van der Waals surface area contributed by atoms with Gasteiger partial charge in [-0.15, -0.1) is 0 Å². The van der Waals surface area contributed by atoms with Crippen LogP contribution < -0.4 is 5.32 Å². The van der Waals surface area contributed by atoms with Gasteiger partial charge in [0.1, 0.15) is 6.04 Å². The Morgan fingerprint density at radius 2 is 1.70 bits per heavy atom. The van der Waals surface area contributed by atoms with E-state index in [1.54, 1.807) is 26.0 Å². The van der Waals surface area contributed by atoms with Gasteiger partial charge in [-0.05, 0) is 31.9 Å². The molecule has 1 rings (SSSR count). The number of aliphatic carboxylic acids is 1. The van der Waals surface area contributed by atoms with Crippen LogP contribution in [0.3, 0.4) is 0 Å². The van der Waals surface area contributed by atoms with Crippen molar-refractivity contribution in [1.29, 1.82) is 0 Å². The average Bonchev–Trinajstić information content (AvgIpc) is 2.25. The number of rotatable bonds is 5. The van der Waals surface area contributed by atoms with E-state index in [0.717, 1.165) is 5.56 Å². The Balaban J connectivity index is 2.98. The van der Waals surface area contributed by atoms with E-state index in [4.69, 9.17) is 5.11 Å². The van der Waals surface area contributed by atoms with Gasteiger partial charge < -0.3 is 10.4 Å². The van der Waals surface area contributed by atoms with Crippen molar-refractivity contribution in [3.8, 4) is 0 Å². The van der Waals surface area contributed by atoms with Gasteiger partial charge in [-0.3, -0.25) is 4.79 Å². The molecular weight excluding hydrogens is 268 g/mol. The maximum Gasteiger partial charge on any atom is 0.326 e. The molecule has 0 radical (unpaired) electrons. The third-order valence-corrected chi connectivity index (χ3v) is 2.92. The number of carboxylic acids is 1. The lowest BCUT2D eigenvalue weighted by atomic mass is 9.99. The lowest BCUT2D eigenvalue weighted by Gasteiger charge is -2.16. The Labute approximate surface area is 115 Å². The fourth-order valence-corrected chi connectivity index (χ4v) is 2.17. The summed E-state index contributed by atoms with van der Waals surface area (Å²) in [6.07, 6.45) is -3.71. The molecule has 1 amide bonds. The van der Waals surface area contributed by atoms with Crippen molar-refractivity contribution in [2.75, 3.05) is 0 Å². The SMILES string of the molecule is Cc1cc(C)c(C(=O)NC(CC(F)F)C(=O)O)c(C)c1. The van der Waals surface area contributed by atoms with Gasteiger partial charge in [0.15, 0.2) is 0 Å². The van der Waals surface area contributed by atoms with Crippen LogP contribution >= 0.6 is 0 Å². The molecule has 20 heavy (non-hydrogen) atoms. The van der Waals surface area contributed by atoms with Crippen LogP contribution in [0.25, 0.3) is 0 Å². The molecule has 0 aromatic heterocycles. The van der Waals surface area contributed by atoms with Gasteiger partial charge >= 0.3 is 5.97 Å². The summed E-state index contributed by atoms with van der Waals surface area (Å²) in [5, 5.41) is 11.0. The number of hydrogen-bond donors (Lipinski definition) is 2. The van der Waals surface area contributed by atoms with Crippen LogP contribution in [0.5, 0.6) is 0 Å². The Bertz CT molecular complexity index is 506. The van der Waals surface area contributed by atoms with Crippen molar-refractivity contribution in [1.82, 2.24) is 5.32 Å². The quantitative estimate of drug-likeness (QED) is 0.873. The van der Waals surface area contributed by atoms with E-state index in [0.29, 0.717) is 16.7 Å². The standard InChI is InChI=1S/C14H17F2NO3/c1-7-4-8(2)12(9(3)5-7)13(18)17-10(14(19)20)6-11(15)16/h4-5,10-11H,6H2,1-3H3,(H,17,18)(H,19,20). The van der Waals surface area contributed by atoms with Gasteiger partial charge in [-0.25, -0.2) is 13.6 Å². The third-order valence-electron chi connectivity index (χ3n) is 2.92. The van der Waals surface area contributed by atoms with Crippen LogP contribution in [-0.2, 0) is 4.79 Å². The highest BCUT2D eigenvalue weighted by Crippen LogP contribution is 2.17. The lowest BCUT2D eigenvalue weighted by molar-refractivity contribution is -0.140. The first kappa shape index (κ1) is 16.1. The molecule has 0 aliphatic carbocycles. The molecule has 2 N–H and O–H groups in total. The summed E-state index contributed by atoms with van der Waals surface area (Å²) in [6.45, 7) is 5.31. The second-order valence-corrected chi connectivity index (χ2v) is 4.76. The van der Waals surface area contributed by atoms with Gasteiger partial charge in [-0.2, -0.15) is 0 Å². The molecule has 0 aliphatic rings. The van der Waals surface area contributed by atoms with Crippen LogP contribution in [0, 0.1) is 20.8 Å². The molecule has 0 fully saturated rings. The predicted octanol–water partition coefficient (Wildman–Crippen LogP) is 2.45. The summed E-state index contributed by atoms with van der Waals surface area (Å²) in [5.41, 5.74) is 2.66. The number of aryl methyl sites for hydroxylation is 3. The lowest BCUT2D eigenvalue weighted by Crippen LogP contribution is -2.42. The Kier molecular flexibility index (Phi) is 5.19. The molecule has 1 atom stereocenters. The number of nitrogens with one attached hydrogen (secondary N) is 1. The molecule has 6 heteroatoms. The number of carbonyl (C=O) groups is 2. The summed E-state index contributed by atoms with van der Waals surface area (Å²) >= 11 is 0. The van der Waals surface area contributed by atoms with Crippen LogP contribution in [-0.4, -0.2) is 29.5 Å². The third kappa shape index (κ3) is 4.01. The zero-order chi connectivity index (χ0) is 15.4. The second-order valence-electron chi connectivity index (χ2n) is 4.76. The van der Waals surface area contributed by atoms with Crippen molar-refractivity contribution in [2.45, 2.75) is 39.7 Å². The molecule has 0 bridgehead atoms. The maximum absolute atomic E-state index is 12.3. The minimum Gasteiger partial charge on any atom is -0.480 e. The number of benzene rings is 1. The molecule has 4 nitrogen and oxygen atoms in total. The smallest absolute Gasteiger partial charge is 0.326 e. The van der Waals surface area contributed by atoms with E-state index in [9.17, 15) is 18.4 Å². The van der Waals surface area contributed by atoms with Gasteiger partial charge in [0, 0.05) is 12.0 Å². The van der Waals surface area contributed by atoms with Gasteiger partial charge in [-0.1, -0.05) is 17.7 Å². The summed E-state index contributed by atoms with van der Waals surface area (Å²) in [5.74, 6) is -2.12. The molecule has 0 aliphatic heterocycles. The molecule has 110 valence electrons. The van der Waals surface area contributed by atoms with Gasteiger partial charge in [0.25, 0.3) is 5.91 Å². The summed E-state index contributed by atoms with van der Waals surface area (Å²) in [4.78, 5) is 23.0. The molecule has 0 saturated carbocycles. The highest BCUT2D eigenvalue weighted by molar-refractivity contribution is 5.99. The molecule has 1 aromatic rings. The van der Waals surface area contributed by atoms with Crippen LogP contribution in [0.1, 0.15) is 33.5 Å². The Morgan fingerprint density at radius 1 is 1.20 bits per heavy atom. The number of carboxylic acid groups (broad SMARTS) is 1. The minimum atomic E-state index is -2.79. The topological polar surface area (TPSA) is 66.4 Å². The van der Waals surface area contributed by atoms with Crippen molar-refractivity contribution in [3.63, 3.8) is 0 Å². The van der Waals surface area contributed by atoms with Gasteiger partial charge in [0.05, 0.1) is 0 Å². The number of hydrogen-bond acceptors (Lipinski definition) is 2. The van der Waals surface area contributed by atoms with E-state index in [1.165, 1.54) is 0 Å². The fraction of sp³-hybridized carbons (Fsp3) is 0.429. The zero-order valence-electron chi connectivity index (χ0n) is 11.5. The molecule has 1 aromatic carbocycles. The normalized spacial score (nSPS) is 12.3. The van der Waals surface area contributed by atoms with Crippen LogP contribution in [0.4, 0.5) is 8.78 Å². The van der Waals surface area contributed by atoms with E-state index in [-0.39, 0.29) is 0 Å². The summed E-state index contributed by atoms with van der Waals surface area (Å²) in [6, 6.07) is 1.97. The molecule has 0 saturated heterocycles. The highest BCUT2D eigenvalue weighted by atomic mass is 19.3. The largest absolute Gasteiger partial charge is 0.480 e. The average molecular weight is 285 g/mol. The molecule has 0 heterocycles. The number of halogens is 2. The number of carbonyl (C=O) groups excluding carboxylic acids is 1. The minimum absolute atomic E-state index is 0.330. The van der Waals surface area contributed by atoms with Crippen LogP contribution in [0.15, 0.2) is 12.1 Å². The Hall–Kier alpha value is -1.98. The molecular formula is C14H17F2NO3. The number of alkyl halides is 2. The first-order chi connectivity index (χ1) is 9.22. The van der Waals surface area contributed by atoms with Crippen LogP contribution in [0.2, 0.25) is 0 Å².